The van der Waals surface area contributed by atoms with Gasteiger partial charge in [0.2, 0.25) is 0 Å². The van der Waals surface area contributed by atoms with E-state index < -0.39 is 0 Å². The van der Waals surface area contributed by atoms with Gasteiger partial charge in [-0.3, -0.25) is 4.79 Å². The van der Waals surface area contributed by atoms with Gasteiger partial charge in [-0.1, -0.05) is 49.7 Å². The van der Waals surface area contributed by atoms with Gasteiger partial charge in [-0.15, -0.1) is 0 Å². The minimum absolute atomic E-state index is 0.104. The van der Waals surface area contributed by atoms with Crippen molar-refractivity contribution in [2.45, 2.75) is 32.7 Å². The summed E-state index contributed by atoms with van der Waals surface area (Å²) in [5.74, 6) is 0.233. The molecule has 0 aliphatic rings. The first-order chi connectivity index (χ1) is 15.5. The topological polar surface area (TPSA) is 60.8 Å². The van der Waals surface area contributed by atoms with E-state index in [-0.39, 0.29) is 17.4 Å². The van der Waals surface area contributed by atoms with E-state index in [1.807, 2.05) is 42.5 Å². The van der Waals surface area contributed by atoms with Crippen molar-refractivity contribution in [3.8, 4) is 11.5 Å². The zero-order chi connectivity index (χ0) is 22.5. The Morgan fingerprint density at radius 3 is 2.19 bits per heavy atom. The van der Waals surface area contributed by atoms with Crippen molar-refractivity contribution < 1.29 is 15.0 Å². The number of phenolic OH excluding ortho intramolecular Hbond substituents is 2. The molecule has 0 spiro atoms. The van der Waals surface area contributed by atoms with Crippen LogP contribution in [0.4, 0.5) is 5.69 Å². The summed E-state index contributed by atoms with van der Waals surface area (Å²) in [4.78, 5) is 15.5. The Hall–Kier alpha value is -3.79. The smallest absolute Gasteiger partial charge is 0.258 e. The van der Waals surface area contributed by atoms with E-state index in [2.05, 4.69) is 13.0 Å². The number of amides is 1. The predicted octanol–water partition coefficient (Wildman–Crippen LogP) is 6.44. The maximum Gasteiger partial charge on any atom is 0.258 e. The molecule has 4 aromatic rings. The van der Waals surface area contributed by atoms with Crippen molar-refractivity contribution in [1.29, 1.82) is 0 Å². The molecular weight excluding hydrogens is 398 g/mol. The van der Waals surface area contributed by atoms with Gasteiger partial charge in [0.15, 0.2) is 0 Å². The monoisotopic (exact) mass is 425 g/mol. The Bertz CT molecular complexity index is 1210. The fraction of sp³-hybridized carbons (Fsp3) is 0.179. The van der Waals surface area contributed by atoms with E-state index in [1.165, 1.54) is 10.9 Å². The highest BCUT2D eigenvalue weighted by Gasteiger charge is 2.20. The molecule has 4 rings (SSSR count). The average Bonchev–Trinajstić information content (AvgIpc) is 2.82. The van der Waals surface area contributed by atoms with Crippen molar-refractivity contribution in [3.63, 3.8) is 0 Å². The molecule has 0 atom stereocenters. The highest BCUT2D eigenvalue weighted by molar-refractivity contribution is 6.08. The zero-order valence-electron chi connectivity index (χ0n) is 18.2. The number of aromatic hydroxyl groups is 2. The second-order valence-corrected chi connectivity index (χ2v) is 8.03. The summed E-state index contributed by atoms with van der Waals surface area (Å²) in [5, 5.41) is 21.6. The maximum atomic E-state index is 13.8. The van der Waals surface area contributed by atoms with Crippen molar-refractivity contribution in [3.05, 3.63) is 102 Å². The van der Waals surface area contributed by atoms with Gasteiger partial charge in [0.25, 0.3) is 5.91 Å². The molecule has 1 amide bonds. The summed E-state index contributed by atoms with van der Waals surface area (Å²) < 4.78 is 0. The first kappa shape index (κ1) is 21.4. The maximum absolute atomic E-state index is 13.8. The molecule has 4 nitrogen and oxygen atoms in total. The number of hydrogen-bond donors (Lipinski definition) is 2. The molecule has 0 saturated heterocycles. The number of fused-ring (bicyclic) bond motifs is 1. The number of benzene rings is 4. The molecule has 0 aliphatic carbocycles. The molecule has 2 N–H and O–H groups in total. The summed E-state index contributed by atoms with van der Waals surface area (Å²) in [5.41, 5.74) is 3.42. The van der Waals surface area contributed by atoms with E-state index in [0.29, 0.717) is 17.8 Å². The number of carbonyl (C=O) groups is 1. The summed E-state index contributed by atoms with van der Waals surface area (Å²) >= 11 is 0. The Labute approximate surface area is 188 Å². The third kappa shape index (κ3) is 4.75. The lowest BCUT2D eigenvalue weighted by Gasteiger charge is -2.24. The third-order valence-corrected chi connectivity index (χ3v) is 5.68. The van der Waals surface area contributed by atoms with Crippen LogP contribution < -0.4 is 4.90 Å². The highest BCUT2D eigenvalue weighted by atomic mass is 16.3. The summed E-state index contributed by atoms with van der Waals surface area (Å²) in [6.07, 6.45) is 3.08. The lowest BCUT2D eigenvalue weighted by atomic mass is 9.96. The third-order valence-electron chi connectivity index (χ3n) is 5.68. The molecule has 0 saturated carbocycles. The lowest BCUT2D eigenvalue weighted by molar-refractivity contribution is 0.0985. The van der Waals surface area contributed by atoms with Crippen molar-refractivity contribution >= 4 is 22.4 Å². The van der Waals surface area contributed by atoms with Crippen LogP contribution >= 0.6 is 0 Å². The summed E-state index contributed by atoms with van der Waals surface area (Å²) in [6.45, 7) is 2.52. The number of hydrogen-bond acceptors (Lipinski definition) is 3. The van der Waals surface area contributed by atoms with Crippen LogP contribution in [-0.4, -0.2) is 16.1 Å². The molecular formula is C28H27NO3. The Balaban J connectivity index is 1.76. The quantitative estimate of drug-likeness (QED) is 0.358. The van der Waals surface area contributed by atoms with Crippen LogP contribution in [0.15, 0.2) is 84.9 Å². The summed E-state index contributed by atoms with van der Waals surface area (Å²) in [7, 11) is 0. The molecule has 4 heteroatoms. The van der Waals surface area contributed by atoms with Gasteiger partial charge in [0.1, 0.15) is 11.5 Å². The van der Waals surface area contributed by atoms with Crippen LogP contribution in [0.1, 0.15) is 41.3 Å². The SMILES string of the molecule is CCCCc1cc(C(=O)N(Cc2ccc(O)cc2)c2ccc(O)cc2)cc2ccccc12. The Morgan fingerprint density at radius 1 is 0.844 bits per heavy atom. The van der Waals surface area contributed by atoms with Gasteiger partial charge < -0.3 is 15.1 Å². The van der Waals surface area contributed by atoms with Crippen LogP contribution in [0.2, 0.25) is 0 Å². The number of aryl methyl sites for hydroxylation is 1. The van der Waals surface area contributed by atoms with E-state index in [9.17, 15) is 15.0 Å². The number of unbranched alkanes of at least 4 members (excludes halogenated alkanes) is 1. The first-order valence-corrected chi connectivity index (χ1v) is 11.0. The van der Waals surface area contributed by atoms with E-state index in [1.54, 1.807) is 41.3 Å². The molecule has 0 fully saturated rings. The molecule has 0 bridgehead atoms. The largest absolute Gasteiger partial charge is 0.508 e. The van der Waals surface area contributed by atoms with Crippen LogP contribution in [0.3, 0.4) is 0 Å². The number of anilines is 1. The molecule has 4 aromatic carbocycles. The van der Waals surface area contributed by atoms with E-state index in [4.69, 9.17) is 0 Å². The van der Waals surface area contributed by atoms with E-state index >= 15 is 0 Å². The highest BCUT2D eigenvalue weighted by Crippen LogP contribution is 2.27. The van der Waals surface area contributed by atoms with Crippen LogP contribution in [0, 0.1) is 0 Å². The Kier molecular flexibility index (Phi) is 6.41. The number of rotatable bonds is 7. The first-order valence-electron chi connectivity index (χ1n) is 11.0. The fourth-order valence-corrected chi connectivity index (χ4v) is 3.94. The lowest BCUT2D eigenvalue weighted by Crippen LogP contribution is -2.30. The van der Waals surface area contributed by atoms with Gasteiger partial charge in [0.05, 0.1) is 6.54 Å². The normalized spacial score (nSPS) is 10.9. The minimum Gasteiger partial charge on any atom is -0.508 e. The minimum atomic E-state index is -0.104. The van der Waals surface area contributed by atoms with Gasteiger partial charge in [-0.25, -0.2) is 0 Å². The van der Waals surface area contributed by atoms with Crippen molar-refractivity contribution in [1.82, 2.24) is 0 Å². The zero-order valence-corrected chi connectivity index (χ0v) is 18.2. The predicted molar refractivity (Wildman–Crippen MR) is 129 cm³/mol. The summed E-state index contributed by atoms with van der Waals surface area (Å²) in [6, 6.07) is 25.7. The molecule has 0 heterocycles. The molecule has 0 aromatic heterocycles. The second-order valence-electron chi connectivity index (χ2n) is 8.03. The molecule has 0 unspecified atom stereocenters. The molecule has 32 heavy (non-hydrogen) atoms. The van der Waals surface area contributed by atoms with Crippen molar-refractivity contribution in [2.75, 3.05) is 4.90 Å². The number of phenols is 2. The molecule has 0 radical (unpaired) electrons. The number of carbonyl (C=O) groups excluding carboxylic acids is 1. The molecule has 162 valence electrons. The number of nitrogens with zero attached hydrogens (tertiary/aromatic N) is 1. The van der Waals surface area contributed by atoms with Crippen LogP contribution in [-0.2, 0) is 13.0 Å². The Morgan fingerprint density at radius 2 is 1.50 bits per heavy atom. The van der Waals surface area contributed by atoms with Crippen molar-refractivity contribution in [2.24, 2.45) is 0 Å². The average molecular weight is 426 g/mol. The standard InChI is InChI=1S/C28H27NO3/c1-2-3-6-21-17-23(18-22-7-4-5-8-27(21)22)28(32)29(24-11-15-26(31)16-12-24)19-20-9-13-25(30)14-10-20/h4-5,7-18,30-31H,2-3,6,19H2,1H3. The molecule has 0 aliphatic heterocycles. The fourth-order valence-electron chi connectivity index (χ4n) is 3.94. The van der Waals surface area contributed by atoms with Crippen LogP contribution in [0.25, 0.3) is 10.8 Å². The van der Waals surface area contributed by atoms with Gasteiger partial charge in [-0.2, -0.15) is 0 Å². The van der Waals surface area contributed by atoms with Gasteiger partial charge in [0, 0.05) is 11.3 Å². The van der Waals surface area contributed by atoms with E-state index in [0.717, 1.165) is 30.2 Å². The van der Waals surface area contributed by atoms with Gasteiger partial charge in [-0.05, 0) is 83.3 Å². The van der Waals surface area contributed by atoms with Gasteiger partial charge >= 0.3 is 0 Å². The van der Waals surface area contributed by atoms with Crippen LogP contribution in [0.5, 0.6) is 11.5 Å². The second kappa shape index (κ2) is 9.56.